The molecule has 5 heteroatoms. The zero-order valence-electron chi connectivity index (χ0n) is 7.73. The minimum absolute atomic E-state index is 0.0220. The summed E-state index contributed by atoms with van der Waals surface area (Å²) in [6.45, 7) is 0.921. The van der Waals surface area contributed by atoms with Crippen LogP contribution in [-0.4, -0.2) is 41.5 Å². The van der Waals surface area contributed by atoms with Crippen LogP contribution in [0.5, 0.6) is 0 Å². The predicted molar refractivity (Wildman–Crippen MR) is 55.6 cm³/mol. The van der Waals surface area contributed by atoms with Gasteiger partial charge in [0.1, 0.15) is 11.0 Å². The van der Waals surface area contributed by atoms with E-state index >= 15 is 0 Å². The molecule has 78 valence electrons. The molecule has 0 atom stereocenters. The van der Waals surface area contributed by atoms with Gasteiger partial charge in [-0.05, 0) is 12.1 Å². The van der Waals surface area contributed by atoms with Crippen LogP contribution in [0.15, 0.2) is 18.2 Å². The standard InChI is InChI=1S/C9H13ClN2O2/c10-8-2-1-3-9(11-8)12(4-6-13)5-7-14/h1-3,13-14H,4-7H2. The van der Waals surface area contributed by atoms with Crippen LogP contribution in [0.4, 0.5) is 5.82 Å². The maximum atomic E-state index is 8.81. The van der Waals surface area contributed by atoms with Crippen molar-refractivity contribution in [3.05, 3.63) is 23.4 Å². The Morgan fingerprint density at radius 3 is 2.36 bits per heavy atom. The summed E-state index contributed by atoms with van der Waals surface area (Å²) in [6.07, 6.45) is 0. The van der Waals surface area contributed by atoms with Gasteiger partial charge in [0.25, 0.3) is 0 Å². The van der Waals surface area contributed by atoms with Gasteiger partial charge in [-0.25, -0.2) is 4.98 Å². The van der Waals surface area contributed by atoms with Crippen LogP contribution in [0.1, 0.15) is 0 Å². The Kier molecular flexibility index (Phi) is 4.65. The Balaban J connectivity index is 2.75. The molecule has 0 aromatic carbocycles. The molecule has 0 spiro atoms. The van der Waals surface area contributed by atoms with E-state index in [4.69, 9.17) is 21.8 Å². The van der Waals surface area contributed by atoms with Gasteiger partial charge < -0.3 is 15.1 Å². The predicted octanol–water partition coefficient (Wildman–Crippen LogP) is 0.526. The molecule has 0 fully saturated rings. The van der Waals surface area contributed by atoms with Crippen molar-refractivity contribution in [2.75, 3.05) is 31.2 Å². The lowest BCUT2D eigenvalue weighted by molar-refractivity contribution is 0.280. The van der Waals surface area contributed by atoms with Gasteiger partial charge >= 0.3 is 0 Å². The highest BCUT2D eigenvalue weighted by Gasteiger charge is 2.06. The first kappa shape index (κ1) is 11.2. The first-order valence-corrected chi connectivity index (χ1v) is 4.75. The maximum Gasteiger partial charge on any atom is 0.131 e. The average molecular weight is 217 g/mol. The fourth-order valence-electron chi connectivity index (χ4n) is 1.16. The third kappa shape index (κ3) is 3.14. The van der Waals surface area contributed by atoms with E-state index < -0.39 is 0 Å². The number of rotatable bonds is 5. The summed E-state index contributed by atoms with van der Waals surface area (Å²) in [4.78, 5) is 5.85. The fourth-order valence-corrected chi connectivity index (χ4v) is 1.32. The lowest BCUT2D eigenvalue weighted by Crippen LogP contribution is -2.30. The summed E-state index contributed by atoms with van der Waals surface area (Å²) in [6, 6.07) is 5.25. The smallest absolute Gasteiger partial charge is 0.131 e. The molecule has 0 aliphatic carbocycles. The van der Waals surface area contributed by atoms with E-state index in [0.717, 1.165) is 0 Å². The number of halogens is 1. The second kappa shape index (κ2) is 5.80. The molecule has 4 nitrogen and oxygen atoms in total. The van der Waals surface area contributed by atoms with Crippen molar-refractivity contribution in [2.45, 2.75) is 0 Å². The Hall–Kier alpha value is -0.840. The number of anilines is 1. The number of aliphatic hydroxyl groups excluding tert-OH is 2. The summed E-state index contributed by atoms with van der Waals surface area (Å²) < 4.78 is 0. The van der Waals surface area contributed by atoms with E-state index in [1.807, 2.05) is 0 Å². The van der Waals surface area contributed by atoms with E-state index in [1.54, 1.807) is 23.1 Å². The van der Waals surface area contributed by atoms with E-state index in [1.165, 1.54) is 0 Å². The van der Waals surface area contributed by atoms with Crippen LogP contribution in [0.2, 0.25) is 5.15 Å². The van der Waals surface area contributed by atoms with Gasteiger partial charge in [-0.1, -0.05) is 17.7 Å². The minimum Gasteiger partial charge on any atom is -0.395 e. The van der Waals surface area contributed by atoms with Crippen molar-refractivity contribution >= 4 is 17.4 Å². The molecular weight excluding hydrogens is 204 g/mol. The normalized spacial score (nSPS) is 10.2. The highest BCUT2D eigenvalue weighted by Crippen LogP contribution is 2.13. The molecule has 0 saturated heterocycles. The molecule has 1 heterocycles. The lowest BCUT2D eigenvalue weighted by atomic mass is 10.4. The fraction of sp³-hybridized carbons (Fsp3) is 0.444. The van der Waals surface area contributed by atoms with Crippen LogP contribution in [0.3, 0.4) is 0 Å². The second-order valence-electron chi connectivity index (χ2n) is 2.75. The summed E-state index contributed by atoms with van der Waals surface area (Å²) in [5, 5.41) is 18.0. The van der Waals surface area contributed by atoms with E-state index in [9.17, 15) is 0 Å². The number of hydrogen-bond acceptors (Lipinski definition) is 4. The van der Waals surface area contributed by atoms with Crippen LogP contribution >= 0.6 is 11.6 Å². The number of nitrogens with zero attached hydrogens (tertiary/aromatic N) is 2. The van der Waals surface area contributed by atoms with E-state index in [-0.39, 0.29) is 13.2 Å². The molecule has 0 radical (unpaired) electrons. The zero-order valence-corrected chi connectivity index (χ0v) is 8.48. The van der Waals surface area contributed by atoms with Crippen molar-refractivity contribution in [1.82, 2.24) is 4.98 Å². The van der Waals surface area contributed by atoms with Crippen LogP contribution in [-0.2, 0) is 0 Å². The molecule has 0 saturated carbocycles. The summed E-state index contributed by atoms with van der Waals surface area (Å²) in [7, 11) is 0. The highest BCUT2D eigenvalue weighted by atomic mass is 35.5. The largest absolute Gasteiger partial charge is 0.395 e. The molecule has 0 amide bonds. The number of hydrogen-bond donors (Lipinski definition) is 2. The van der Waals surface area contributed by atoms with Crippen LogP contribution < -0.4 is 4.90 Å². The lowest BCUT2D eigenvalue weighted by Gasteiger charge is -2.21. The highest BCUT2D eigenvalue weighted by molar-refractivity contribution is 6.29. The molecule has 1 rings (SSSR count). The minimum atomic E-state index is 0.0220. The Morgan fingerprint density at radius 1 is 1.21 bits per heavy atom. The van der Waals surface area contributed by atoms with Crippen molar-refractivity contribution in [3.8, 4) is 0 Å². The van der Waals surface area contributed by atoms with Crippen molar-refractivity contribution in [3.63, 3.8) is 0 Å². The second-order valence-corrected chi connectivity index (χ2v) is 3.14. The average Bonchev–Trinajstić information content (AvgIpc) is 2.17. The summed E-state index contributed by atoms with van der Waals surface area (Å²) in [5.74, 6) is 0.667. The van der Waals surface area contributed by atoms with Crippen molar-refractivity contribution in [2.24, 2.45) is 0 Å². The molecule has 0 bridgehead atoms. The van der Waals surface area contributed by atoms with Crippen molar-refractivity contribution < 1.29 is 10.2 Å². The van der Waals surface area contributed by atoms with Crippen LogP contribution in [0.25, 0.3) is 0 Å². The number of aromatic nitrogens is 1. The van der Waals surface area contributed by atoms with Gasteiger partial charge in [0, 0.05) is 13.1 Å². The first-order chi connectivity index (χ1) is 6.77. The van der Waals surface area contributed by atoms with Crippen molar-refractivity contribution in [1.29, 1.82) is 0 Å². The molecule has 1 aromatic heterocycles. The zero-order chi connectivity index (χ0) is 10.4. The van der Waals surface area contributed by atoms with Gasteiger partial charge in [-0.15, -0.1) is 0 Å². The number of pyridine rings is 1. The van der Waals surface area contributed by atoms with E-state index in [2.05, 4.69) is 4.98 Å². The van der Waals surface area contributed by atoms with Gasteiger partial charge in [0.05, 0.1) is 13.2 Å². The SMILES string of the molecule is OCCN(CCO)c1cccc(Cl)n1. The number of aliphatic hydroxyl groups is 2. The third-order valence-corrected chi connectivity index (χ3v) is 1.97. The third-order valence-electron chi connectivity index (χ3n) is 1.76. The topological polar surface area (TPSA) is 56.6 Å². The van der Waals surface area contributed by atoms with Gasteiger partial charge in [0.2, 0.25) is 0 Å². The molecular formula is C9H13ClN2O2. The molecule has 0 unspecified atom stereocenters. The van der Waals surface area contributed by atoms with Gasteiger partial charge in [-0.3, -0.25) is 0 Å². The maximum absolute atomic E-state index is 8.81. The van der Waals surface area contributed by atoms with Gasteiger partial charge in [-0.2, -0.15) is 0 Å². The van der Waals surface area contributed by atoms with E-state index in [0.29, 0.717) is 24.1 Å². The Morgan fingerprint density at radius 2 is 1.86 bits per heavy atom. The summed E-state index contributed by atoms with van der Waals surface area (Å²) >= 11 is 5.73. The molecule has 14 heavy (non-hydrogen) atoms. The Labute approximate surface area is 87.8 Å². The van der Waals surface area contributed by atoms with Crippen LogP contribution in [0, 0.1) is 0 Å². The van der Waals surface area contributed by atoms with Gasteiger partial charge in [0.15, 0.2) is 0 Å². The Bertz CT molecular complexity index is 277. The quantitative estimate of drug-likeness (QED) is 0.705. The molecule has 1 aromatic rings. The molecule has 2 N–H and O–H groups in total. The summed E-state index contributed by atoms with van der Waals surface area (Å²) in [5.41, 5.74) is 0. The monoisotopic (exact) mass is 216 g/mol. The molecule has 0 aliphatic heterocycles. The molecule has 0 aliphatic rings. The first-order valence-electron chi connectivity index (χ1n) is 4.37.